The van der Waals surface area contributed by atoms with Crippen LogP contribution in [0.5, 0.6) is 0 Å². The number of amides is 1. The number of anilines is 1. The third-order valence-corrected chi connectivity index (χ3v) is 5.82. The van der Waals surface area contributed by atoms with E-state index in [1.807, 2.05) is 19.1 Å². The molecule has 0 bridgehead atoms. The molecule has 1 unspecified atom stereocenters. The number of methoxy groups -OCH3 is 1. The van der Waals surface area contributed by atoms with Crippen LogP contribution in [0.2, 0.25) is 0 Å². The maximum absolute atomic E-state index is 12.6. The molecular weight excluding hydrogens is 378 g/mol. The fraction of sp³-hybridized carbons (Fsp3) is 0.375. The van der Waals surface area contributed by atoms with E-state index in [0.717, 1.165) is 23.5 Å². The Balaban J connectivity index is 1.49. The van der Waals surface area contributed by atoms with E-state index in [1.54, 1.807) is 18.2 Å². The van der Waals surface area contributed by atoms with E-state index in [-0.39, 0.29) is 5.91 Å². The quantitative estimate of drug-likeness (QED) is 0.595. The number of nitrogens with one attached hydrogen (secondary N) is 1. The molecule has 2 aliphatic rings. The Labute approximate surface area is 176 Å². The lowest BCUT2D eigenvalue weighted by Crippen LogP contribution is -2.28. The van der Waals surface area contributed by atoms with Gasteiger partial charge in [-0.2, -0.15) is 0 Å². The van der Waals surface area contributed by atoms with Gasteiger partial charge in [0.1, 0.15) is 5.92 Å². The van der Waals surface area contributed by atoms with Gasteiger partial charge in [0, 0.05) is 17.9 Å². The fourth-order valence-corrected chi connectivity index (χ4v) is 4.24. The Morgan fingerprint density at radius 2 is 1.87 bits per heavy atom. The van der Waals surface area contributed by atoms with Crippen molar-refractivity contribution < 1.29 is 14.3 Å². The normalized spacial score (nSPS) is 19.3. The van der Waals surface area contributed by atoms with Gasteiger partial charge in [-0.05, 0) is 68.2 Å². The van der Waals surface area contributed by atoms with Crippen molar-refractivity contribution in [3.8, 4) is 0 Å². The second-order valence-corrected chi connectivity index (χ2v) is 7.97. The average molecular weight is 405 g/mol. The largest absolute Gasteiger partial charge is 0.465 e. The zero-order valence-electron chi connectivity index (χ0n) is 17.5. The lowest BCUT2D eigenvalue weighted by molar-refractivity contribution is -0.115. The van der Waals surface area contributed by atoms with Crippen molar-refractivity contribution in [1.29, 1.82) is 0 Å². The number of fused-ring (bicyclic) bond motifs is 1. The van der Waals surface area contributed by atoms with Crippen LogP contribution in [-0.2, 0) is 16.1 Å². The first-order chi connectivity index (χ1) is 14.5. The highest BCUT2D eigenvalue weighted by Crippen LogP contribution is 2.35. The minimum atomic E-state index is -0.459. The summed E-state index contributed by atoms with van der Waals surface area (Å²) in [4.78, 5) is 31.5. The minimum Gasteiger partial charge on any atom is -0.465 e. The molecule has 0 aromatic heterocycles. The fourth-order valence-electron chi connectivity index (χ4n) is 4.24. The number of esters is 1. The van der Waals surface area contributed by atoms with Gasteiger partial charge in [-0.1, -0.05) is 24.6 Å². The Hall–Kier alpha value is -2.99. The van der Waals surface area contributed by atoms with E-state index in [0.29, 0.717) is 11.3 Å². The minimum absolute atomic E-state index is 0.130. The monoisotopic (exact) mass is 405 g/mol. The maximum Gasteiger partial charge on any atom is 0.337 e. The van der Waals surface area contributed by atoms with Crippen molar-refractivity contribution in [2.24, 2.45) is 4.99 Å². The van der Waals surface area contributed by atoms with Crippen molar-refractivity contribution in [2.45, 2.75) is 38.6 Å². The predicted molar refractivity (Wildman–Crippen MR) is 117 cm³/mol. The first kappa shape index (κ1) is 20.3. The van der Waals surface area contributed by atoms with Gasteiger partial charge in [0.2, 0.25) is 5.91 Å². The number of carbonyl (C=O) groups is 2. The van der Waals surface area contributed by atoms with Crippen LogP contribution in [0.15, 0.2) is 47.5 Å². The van der Waals surface area contributed by atoms with Crippen LogP contribution in [-0.4, -0.2) is 42.7 Å². The van der Waals surface area contributed by atoms with Crippen molar-refractivity contribution in [3.63, 3.8) is 0 Å². The van der Waals surface area contributed by atoms with Crippen LogP contribution < -0.4 is 5.32 Å². The van der Waals surface area contributed by atoms with E-state index in [2.05, 4.69) is 22.3 Å². The van der Waals surface area contributed by atoms with E-state index < -0.39 is 11.9 Å². The van der Waals surface area contributed by atoms with Crippen LogP contribution >= 0.6 is 0 Å². The van der Waals surface area contributed by atoms with Crippen LogP contribution in [0.3, 0.4) is 0 Å². The average Bonchev–Trinajstić information content (AvgIpc) is 3.10. The van der Waals surface area contributed by atoms with Gasteiger partial charge in [0.25, 0.3) is 0 Å². The molecule has 30 heavy (non-hydrogen) atoms. The van der Waals surface area contributed by atoms with Gasteiger partial charge in [-0.15, -0.1) is 0 Å². The highest BCUT2D eigenvalue weighted by atomic mass is 16.5. The Bertz CT molecular complexity index is 976. The van der Waals surface area contributed by atoms with E-state index in [4.69, 9.17) is 9.73 Å². The summed E-state index contributed by atoms with van der Waals surface area (Å²) in [5.74, 6) is -1.01. The van der Waals surface area contributed by atoms with Crippen LogP contribution in [0, 0.1) is 0 Å². The molecule has 4 rings (SSSR count). The molecule has 1 saturated heterocycles. The molecule has 2 heterocycles. The van der Waals surface area contributed by atoms with Gasteiger partial charge in [0.15, 0.2) is 0 Å². The number of benzene rings is 2. The van der Waals surface area contributed by atoms with Crippen LogP contribution in [0.4, 0.5) is 11.4 Å². The molecule has 2 aromatic carbocycles. The predicted octanol–water partition coefficient (Wildman–Crippen LogP) is 4.29. The number of likely N-dealkylation sites (tertiary alicyclic amines) is 1. The third kappa shape index (κ3) is 4.28. The van der Waals surface area contributed by atoms with E-state index in [9.17, 15) is 9.59 Å². The highest BCUT2D eigenvalue weighted by Gasteiger charge is 2.33. The summed E-state index contributed by atoms with van der Waals surface area (Å²) in [5, 5.41) is 2.86. The van der Waals surface area contributed by atoms with Crippen molar-refractivity contribution in [1.82, 2.24) is 4.90 Å². The lowest BCUT2D eigenvalue weighted by Gasteiger charge is -2.26. The Kier molecular flexibility index (Phi) is 5.95. The molecule has 0 spiro atoms. The van der Waals surface area contributed by atoms with Crippen molar-refractivity contribution in [2.75, 3.05) is 25.5 Å². The molecule has 0 saturated carbocycles. The number of ether oxygens (including phenoxy) is 1. The second-order valence-electron chi connectivity index (χ2n) is 7.97. The van der Waals surface area contributed by atoms with Gasteiger partial charge >= 0.3 is 5.97 Å². The number of rotatable bonds is 5. The summed E-state index contributed by atoms with van der Waals surface area (Å²) in [5.41, 5.74) is 4.72. The summed E-state index contributed by atoms with van der Waals surface area (Å²) < 4.78 is 4.76. The molecular formula is C24H27N3O3. The van der Waals surface area contributed by atoms with Crippen molar-refractivity contribution in [3.05, 3.63) is 59.2 Å². The number of nitrogens with zero attached hydrogens (tertiary/aromatic N) is 2. The molecule has 156 valence electrons. The SMILES string of the molecule is COC(=O)c1ccc2c(c1)NC(=O)C2C(C)=Nc1ccc(CN2CCCCC2)cc1. The summed E-state index contributed by atoms with van der Waals surface area (Å²) in [6.45, 7) is 5.19. The number of hydrogen-bond acceptors (Lipinski definition) is 5. The first-order valence-electron chi connectivity index (χ1n) is 10.4. The zero-order chi connectivity index (χ0) is 21.1. The molecule has 0 radical (unpaired) electrons. The standard InChI is InChI=1S/C24H27N3O3/c1-16(22-20-11-8-18(24(29)30-2)14-21(20)26-23(22)28)25-19-9-6-17(7-10-19)15-27-12-4-3-5-13-27/h6-11,14,22H,3-5,12-13,15H2,1-2H3,(H,26,28). The Morgan fingerprint density at radius 3 is 2.57 bits per heavy atom. The van der Waals surface area contributed by atoms with Gasteiger partial charge in [-0.25, -0.2) is 4.79 Å². The smallest absolute Gasteiger partial charge is 0.337 e. The number of carbonyl (C=O) groups excluding carboxylic acids is 2. The van der Waals surface area contributed by atoms with E-state index in [1.165, 1.54) is 45.0 Å². The molecule has 1 N–H and O–H groups in total. The van der Waals surface area contributed by atoms with Gasteiger partial charge in [-0.3, -0.25) is 14.7 Å². The summed E-state index contributed by atoms with van der Waals surface area (Å²) in [6, 6.07) is 13.4. The molecule has 2 aliphatic heterocycles. The Morgan fingerprint density at radius 1 is 1.13 bits per heavy atom. The number of aliphatic imine (C=N–C) groups is 1. The topological polar surface area (TPSA) is 71.0 Å². The zero-order valence-corrected chi connectivity index (χ0v) is 17.5. The molecule has 2 aromatic rings. The summed E-state index contributed by atoms with van der Waals surface area (Å²) in [7, 11) is 1.34. The van der Waals surface area contributed by atoms with Crippen molar-refractivity contribution >= 4 is 29.0 Å². The first-order valence-corrected chi connectivity index (χ1v) is 10.4. The van der Waals surface area contributed by atoms with E-state index >= 15 is 0 Å². The van der Waals surface area contributed by atoms with Crippen LogP contribution in [0.25, 0.3) is 0 Å². The third-order valence-electron chi connectivity index (χ3n) is 5.82. The van der Waals surface area contributed by atoms with Gasteiger partial charge in [0.05, 0.1) is 18.4 Å². The summed E-state index contributed by atoms with van der Waals surface area (Å²) in [6.07, 6.45) is 3.91. The molecule has 6 nitrogen and oxygen atoms in total. The lowest BCUT2D eigenvalue weighted by atomic mass is 9.95. The highest BCUT2D eigenvalue weighted by molar-refractivity contribution is 6.18. The summed E-state index contributed by atoms with van der Waals surface area (Å²) >= 11 is 0. The molecule has 1 atom stereocenters. The van der Waals surface area contributed by atoms with Gasteiger partial charge < -0.3 is 10.1 Å². The number of piperidine rings is 1. The second kappa shape index (κ2) is 8.79. The molecule has 6 heteroatoms. The van der Waals surface area contributed by atoms with Crippen LogP contribution in [0.1, 0.15) is 53.6 Å². The maximum atomic E-state index is 12.6. The number of hydrogen-bond donors (Lipinski definition) is 1. The molecule has 1 fully saturated rings. The molecule has 1 amide bonds. The molecule has 0 aliphatic carbocycles.